The Balaban J connectivity index is 1.55. The molecule has 0 saturated carbocycles. The minimum atomic E-state index is 0.347. The third-order valence-corrected chi connectivity index (χ3v) is 5.02. The van der Waals surface area contributed by atoms with Gasteiger partial charge in [0, 0.05) is 44.6 Å². The molecular formula is C18H24N8. The highest BCUT2D eigenvalue weighted by atomic mass is 15.3. The van der Waals surface area contributed by atoms with Crippen molar-refractivity contribution >= 4 is 5.82 Å². The minimum absolute atomic E-state index is 0.347. The Morgan fingerprint density at radius 1 is 1.23 bits per heavy atom. The molecule has 1 atom stereocenters. The normalized spacial score (nSPS) is 17.7. The fourth-order valence-corrected chi connectivity index (χ4v) is 3.62. The van der Waals surface area contributed by atoms with Gasteiger partial charge in [-0.15, -0.1) is 10.2 Å². The lowest BCUT2D eigenvalue weighted by Gasteiger charge is -2.33. The average Bonchev–Trinajstić information content (AvgIpc) is 3.28. The summed E-state index contributed by atoms with van der Waals surface area (Å²) in [6, 6.07) is 0. The second kappa shape index (κ2) is 6.86. The first-order valence-electron chi connectivity index (χ1n) is 9.01. The predicted octanol–water partition coefficient (Wildman–Crippen LogP) is 1.85. The zero-order chi connectivity index (χ0) is 18.1. The van der Waals surface area contributed by atoms with E-state index in [0.29, 0.717) is 12.5 Å². The molecule has 3 aromatic rings. The Hall–Kier alpha value is -2.77. The van der Waals surface area contributed by atoms with E-state index in [9.17, 15) is 0 Å². The summed E-state index contributed by atoms with van der Waals surface area (Å²) in [7, 11) is 2.05. The number of imidazole rings is 1. The molecule has 1 fully saturated rings. The number of hydrogen-bond donors (Lipinski definition) is 0. The van der Waals surface area contributed by atoms with Crippen molar-refractivity contribution in [3.05, 3.63) is 48.0 Å². The molecule has 0 radical (unpaired) electrons. The Morgan fingerprint density at radius 3 is 2.92 bits per heavy atom. The van der Waals surface area contributed by atoms with Gasteiger partial charge in [0.1, 0.15) is 11.6 Å². The summed E-state index contributed by atoms with van der Waals surface area (Å²) in [5.41, 5.74) is 1.93. The molecule has 4 heterocycles. The van der Waals surface area contributed by atoms with Gasteiger partial charge in [-0.25, -0.2) is 9.97 Å². The molecule has 8 nitrogen and oxygen atoms in total. The van der Waals surface area contributed by atoms with E-state index < -0.39 is 0 Å². The molecule has 4 rings (SSSR count). The van der Waals surface area contributed by atoms with Gasteiger partial charge in [-0.05, 0) is 26.7 Å². The van der Waals surface area contributed by atoms with Gasteiger partial charge in [0.2, 0.25) is 0 Å². The summed E-state index contributed by atoms with van der Waals surface area (Å²) in [6.45, 7) is 6.60. The molecule has 0 aromatic carbocycles. The van der Waals surface area contributed by atoms with Crippen LogP contribution in [-0.4, -0.2) is 47.4 Å². The number of aromatic nitrogens is 7. The topological polar surface area (TPSA) is 77.5 Å². The number of rotatable bonds is 4. The molecule has 0 unspecified atom stereocenters. The molecule has 0 amide bonds. The second-order valence-electron chi connectivity index (χ2n) is 6.97. The van der Waals surface area contributed by atoms with Crippen LogP contribution < -0.4 is 4.90 Å². The van der Waals surface area contributed by atoms with Crippen molar-refractivity contribution in [3.8, 4) is 0 Å². The van der Waals surface area contributed by atoms with Gasteiger partial charge in [-0.1, -0.05) is 0 Å². The van der Waals surface area contributed by atoms with Crippen molar-refractivity contribution < 1.29 is 0 Å². The maximum Gasteiger partial charge on any atom is 0.152 e. The number of nitrogens with zero attached hydrogens (tertiary/aromatic N) is 8. The quantitative estimate of drug-likeness (QED) is 0.713. The first kappa shape index (κ1) is 16.7. The van der Waals surface area contributed by atoms with Crippen LogP contribution in [0.2, 0.25) is 0 Å². The molecule has 0 spiro atoms. The number of piperidine rings is 1. The van der Waals surface area contributed by atoms with Gasteiger partial charge in [-0.3, -0.25) is 4.98 Å². The van der Waals surface area contributed by atoms with E-state index in [2.05, 4.69) is 36.7 Å². The molecule has 3 aromatic heterocycles. The molecule has 1 aliphatic rings. The van der Waals surface area contributed by atoms with E-state index in [1.807, 2.05) is 30.8 Å². The fourth-order valence-electron chi connectivity index (χ4n) is 3.62. The third kappa shape index (κ3) is 3.18. The van der Waals surface area contributed by atoms with Crippen LogP contribution in [0.25, 0.3) is 0 Å². The zero-order valence-corrected chi connectivity index (χ0v) is 15.5. The number of aryl methyl sites for hydroxylation is 2. The van der Waals surface area contributed by atoms with Gasteiger partial charge in [-0.2, -0.15) is 0 Å². The van der Waals surface area contributed by atoms with Crippen LogP contribution in [-0.2, 0) is 13.6 Å². The largest absolute Gasteiger partial charge is 0.354 e. The van der Waals surface area contributed by atoms with Crippen LogP contribution in [0.15, 0.2) is 24.9 Å². The lowest BCUT2D eigenvalue weighted by molar-refractivity contribution is 0.474. The van der Waals surface area contributed by atoms with Crippen LogP contribution in [0.3, 0.4) is 0 Å². The average molecular weight is 352 g/mol. The van der Waals surface area contributed by atoms with Gasteiger partial charge in [0.05, 0.1) is 24.3 Å². The summed E-state index contributed by atoms with van der Waals surface area (Å²) in [5, 5.41) is 8.92. The SMILES string of the molecule is Cc1cnc(C)c(N2CCC[C@@H](c3nnc(Cn4ccnc4)n3C)C2)n1. The van der Waals surface area contributed by atoms with E-state index in [4.69, 9.17) is 4.98 Å². The summed E-state index contributed by atoms with van der Waals surface area (Å²) >= 11 is 0. The second-order valence-corrected chi connectivity index (χ2v) is 6.97. The van der Waals surface area contributed by atoms with Crippen molar-refractivity contribution in [2.75, 3.05) is 18.0 Å². The smallest absolute Gasteiger partial charge is 0.152 e. The minimum Gasteiger partial charge on any atom is -0.354 e. The highest BCUT2D eigenvalue weighted by molar-refractivity contribution is 5.44. The standard InChI is InChI=1S/C18H24N8/c1-13-9-20-14(2)17(21-13)26-7-4-5-15(10-26)18-23-22-16(24(18)3)11-25-8-6-19-12-25/h6,8-9,12,15H,4-5,7,10-11H2,1-3H3/t15-/m1/s1. The predicted molar refractivity (Wildman–Crippen MR) is 98.0 cm³/mol. The van der Waals surface area contributed by atoms with E-state index >= 15 is 0 Å². The Morgan fingerprint density at radius 2 is 2.12 bits per heavy atom. The van der Waals surface area contributed by atoms with Crippen molar-refractivity contribution in [1.29, 1.82) is 0 Å². The molecular weight excluding hydrogens is 328 g/mol. The van der Waals surface area contributed by atoms with E-state index in [1.165, 1.54) is 0 Å². The van der Waals surface area contributed by atoms with E-state index in [-0.39, 0.29) is 0 Å². The maximum atomic E-state index is 4.71. The highest BCUT2D eigenvalue weighted by Gasteiger charge is 2.27. The van der Waals surface area contributed by atoms with Crippen molar-refractivity contribution in [3.63, 3.8) is 0 Å². The Labute approximate surface area is 152 Å². The van der Waals surface area contributed by atoms with Crippen LogP contribution in [0.5, 0.6) is 0 Å². The third-order valence-electron chi connectivity index (χ3n) is 5.02. The molecule has 136 valence electrons. The molecule has 0 N–H and O–H groups in total. The van der Waals surface area contributed by atoms with E-state index in [0.717, 1.165) is 54.8 Å². The molecule has 1 aliphatic heterocycles. The lowest BCUT2D eigenvalue weighted by Crippen LogP contribution is -2.36. The number of hydrogen-bond acceptors (Lipinski definition) is 6. The van der Waals surface area contributed by atoms with Gasteiger partial charge in [0.25, 0.3) is 0 Å². The van der Waals surface area contributed by atoms with Crippen LogP contribution in [0, 0.1) is 13.8 Å². The lowest BCUT2D eigenvalue weighted by atomic mass is 9.97. The summed E-state index contributed by atoms with van der Waals surface area (Å²) in [6.07, 6.45) is 9.58. The van der Waals surface area contributed by atoms with Crippen LogP contribution in [0.1, 0.15) is 41.8 Å². The van der Waals surface area contributed by atoms with Gasteiger partial charge >= 0.3 is 0 Å². The van der Waals surface area contributed by atoms with Crippen molar-refractivity contribution in [2.45, 2.75) is 39.2 Å². The Kier molecular flexibility index (Phi) is 4.40. The molecule has 0 aliphatic carbocycles. The summed E-state index contributed by atoms with van der Waals surface area (Å²) in [4.78, 5) is 15.6. The van der Waals surface area contributed by atoms with Crippen molar-refractivity contribution in [1.82, 2.24) is 34.3 Å². The van der Waals surface area contributed by atoms with Gasteiger partial charge < -0.3 is 14.0 Å². The zero-order valence-electron chi connectivity index (χ0n) is 15.5. The summed E-state index contributed by atoms with van der Waals surface area (Å²) in [5.74, 6) is 3.33. The van der Waals surface area contributed by atoms with Crippen molar-refractivity contribution in [2.24, 2.45) is 7.05 Å². The number of anilines is 1. The summed E-state index contributed by atoms with van der Waals surface area (Å²) < 4.78 is 4.13. The molecule has 26 heavy (non-hydrogen) atoms. The molecule has 0 bridgehead atoms. The first-order valence-corrected chi connectivity index (χ1v) is 9.01. The van der Waals surface area contributed by atoms with Crippen LogP contribution in [0.4, 0.5) is 5.82 Å². The highest BCUT2D eigenvalue weighted by Crippen LogP contribution is 2.29. The van der Waals surface area contributed by atoms with Gasteiger partial charge in [0.15, 0.2) is 5.82 Å². The first-order chi connectivity index (χ1) is 12.6. The molecule has 1 saturated heterocycles. The van der Waals surface area contributed by atoms with E-state index in [1.54, 1.807) is 12.5 Å². The van der Waals surface area contributed by atoms with Crippen LogP contribution >= 0.6 is 0 Å². The Bertz CT molecular complexity index is 883. The molecule has 8 heteroatoms. The maximum absolute atomic E-state index is 4.71. The fraction of sp³-hybridized carbons (Fsp3) is 0.500. The monoisotopic (exact) mass is 352 g/mol.